The van der Waals surface area contributed by atoms with E-state index in [9.17, 15) is 4.79 Å². The second-order valence-electron chi connectivity index (χ2n) is 6.68. The van der Waals surface area contributed by atoms with Crippen LogP contribution in [0, 0.1) is 0 Å². The van der Waals surface area contributed by atoms with Gasteiger partial charge in [-0.1, -0.05) is 12.1 Å². The van der Waals surface area contributed by atoms with Crippen LogP contribution in [0.25, 0.3) is 10.9 Å². The summed E-state index contributed by atoms with van der Waals surface area (Å²) in [5.74, 6) is 0. The molecule has 110 valence electrons. The molecule has 0 N–H and O–H groups in total. The monoisotopic (exact) mass is 285 g/mol. The average Bonchev–Trinajstić information content (AvgIpc) is 2.84. The summed E-state index contributed by atoms with van der Waals surface area (Å²) in [5.41, 5.74) is 1.97. The zero-order valence-electron chi connectivity index (χ0n) is 13.1. The maximum absolute atomic E-state index is 11.1. The fourth-order valence-corrected chi connectivity index (χ4v) is 2.65. The van der Waals surface area contributed by atoms with Crippen LogP contribution in [0.3, 0.4) is 0 Å². The second kappa shape index (κ2) is 4.45. The van der Waals surface area contributed by atoms with Crippen LogP contribution in [-0.2, 0) is 16.4 Å². The summed E-state index contributed by atoms with van der Waals surface area (Å²) in [6.07, 6.45) is 2.72. The summed E-state index contributed by atoms with van der Waals surface area (Å²) in [6, 6.07) is 5.96. The van der Waals surface area contributed by atoms with Crippen molar-refractivity contribution < 1.29 is 14.1 Å². The van der Waals surface area contributed by atoms with Crippen molar-refractivity contribution in [2.75, 3.05) is 0 Å². The Kier molecular flexibility index (Phi) is 3.04. The van der Waals surface area contributed by atoms with Gasteiger partial charge < -0.3 is 13.9 Å². The largest absolute Gasteiger partial charge is 0.494 e. The molecule has 2 aromatic rings. The van der Waals surface area contributed by atoms with Crippen LogP contribution in [0.2, 0.25) is 0 Å². The molecule has 0 amide bonds. The molecule has 1 aliphatic heterocycles. The molecule has 0 unspecified atom stereocenters. The third-order valence-corrected chi connectivity index (χ3v) is 4.70. The highest BCUT2D eigenvalue weighted by Crippen LogP contribution is 2.36. The minimum Gasteiger partial charge on any atom is -0.399 e. The lowest BCUT2D eigenvalue weighted by atomic mass is 9.79. The normalized spacial score (nSPS) is 20.1. The molecule has 2 heterocycles. The lowest BCUT2D eigenvalue weighted by molar-refractivity contribution is 0.00578. The number of aldehydes is 1. The Bertz CT molecular complexity index is 702. The van der Waals surface area contributed by atoms with Gasteiger partial charge in [0.2, 0.25) is 0 Å². The summed E-state index contributed by atoms with van der Waals surface area (Å²) in [7, 11) is 1.55. The molecule has 1 saturated heterocycles. The van der Waals surface area contributed by atoms with Crippen LogP contribution in [0.1, 0.15) is 38.1 Å². The van der Waals surface area contributed by atoms with Gasteiger partial charge in [-0.05, 0) is 39.2 Å². The van der Waals surface area contributed by atoms with E-state index in [1.54, 1.807) is 0 Å². The zero-order valence-corrected chi connectivity index (χ0v) is 13.1. The van der Waals surface area contributed by atoms with Crippen LogP contribution in [0.4, 0.5) is 0 Å². The van der Waals surface area contributed by atoms with E-state index in [1.807, 2.05) is 63.7 Å². The van der Waals surface area contributed by atoms with Crippen molar-refractivity contribution in [3.05, 3.63) is 30.0 Å². The molecule has 1 aromatic carbocycles. The Hall–Kier alpha value is -1.59. The number of carbonyl (C=O) groups is 1. The summed E-state index contributed by atoms with van der Waals surface area (Å²) < 4.78 is 14.1. The standard InChI is InChI=1S/C16H20BNO3/c1-15(2)16(3,4)21-17(20-15)12-6-7-13-11(10-19)9-18(5)14(13)8-12/h6-10H,1-5H3. The SMILES string of the molecule is Cn1cc(C=O)c2ccc(B3OC(C)(C)C(C)(C)O3)cc21. The van der Waals surface area contributed by atoms with E-state index in [4.69, 9.17) is 9.31 Å². The van der Waals surface area contributed by atoms with Gasteiger partial charge in [-0.15, -0.1) is 0 Å². The van der Waals surface area contributed by atoms with Crippen LogP contribution < -0.4 is 5.46 Å². The fraction of sp³-hybridized carbons (Fsp3) is 0.438. The van der Waals surface area contributed by atoms with E-state index in [0.717, 1.165) is 22.7 Å². The van der Waals surface area contributed by atoms with E-state index in [0.29, 0.717) is 5.56 Å². The van der Waals surface area contributed by atoms with Crippen LogP contribution in [-0.4, -0.2) is 29.2 Å². The summed E-state index contributed by atoms with van der Waals surface area (Å²) in [4.78, 5) is 11.1. The Morgan fingerprint density at radius 2 is 1.76 bits per heavy atom. The van der Waals surface area contributed by atoms with Crippen molar-refractivity contribution >= 4 is 29.8 Å². The van der Waals surface area contributed by atoms with Crippen molar-refractivity contribution in [2.45, 2.75) is 38.9 Å². The van der Waals surface area contributed by atoms with Gasteiger partial charge in [0.05, 0.1) is 11.2 Å². The van der Waals surface area contributed by atoms with Crippen molar-refractivity contribution in [3.8, 4) is 0 Å². The molecule has 5 heteroatoms. The van der Waals surface area contributed by atoms with Crippen LogP contribution in [0.15, 0.2) is 24.4 Å². The van der Waals surface area contributed by atoms with E-state index in [1.165, 1.54) is 0 Å². The van der Waals surface area contributed by atoms with Gasteiger partial charge in [-0.2, -0.15) is 0 Å². The molecule has 21 heavy (non-hydrogen) atoms. The predicted octanol–water partition coefficient (Wildman–Crippen LogP) is 2.29. The smallest absolute Gasteiger partial charge is 0.399 e. The fourth-order valence-electron chi connectivity index (χ4n) is 2.65. The maximum atomic E-state index is 11.1. The topological polar surface area (TPSA) is 40.5 Å². The summed E-state index contributed by atoms with van der Waals surface area (Å²) in [5, 5.41) is 0.952. The van der Waals surface area contributed by atoms with Gasteiger partial charge in [-0.25, -0.2) is 0 Å². The molecular formula is C16H20BNO3. The predicted molar refractivity (Wildman–Crippen MR) is 84.0 cm³/mol. The maximum Gasteiger partial charge on any atom is 0.494 e. The minimum absolute atomic E-state index is 0.352. The average molecular weight is 285 g/mol. The molecule has 0 radical (unpaired) electrons. The molecular weight excluding hydrogens is 265 g/mol. The van der Waals surface area contributed by atoms with Crippen molar-refractivity contribution in [3.63, 3.8) is 0 Å². The molecule has 0 spiro atoms. The number of aromatic nitrogens is 1. The molecule has 1 aliphatic rings. The van der Waals surface area contributed by atoms with E-state index >= 15 is 0 Å². The first-order valence-electron chi connectivity index (χ1n) is 7.15. The minimum atomic E-state index is -0.381. The molecule has 0 aliphatic carbocycles. The molecule has 1 aromatic heterocycles. The van der Waals surface area contributed by atoms with Crippen molar-refractivity contribution in [1.82, 2.24) is 4.57 Å². The highest BCUT2D eigenvalue weighted by Gasteiger charge is 2.51. The Morgan fingerprint density at radius 1 is 1.14 bits per heavy atom. The van der Waals surface area contributed by atoms with E-state index in [2.05, 4.69) is 0 Å². The first-order chi connectivity index (χ1) is 9.75. The highest BCUT2D eigenvalue weighted by molar-refractivity contribution is 6.62. The Balaban J connectivity index is 2.03. The molecule has 0 atom stereocenters. The van der Waals surface area contributed by atoms with Gasteiger partial charge in [0.15, 0.2) is 6.29 Å². The van der Waals surface area contributed by atoms with Crippen LogP contribution in [0.5, 0.6) is 0 Å². The number of nitrogens with zero attached hydrogens (tertiary/aromatic N) is 1. The van der Waals surface area contributed by atoms with Gasteiger partial charge in [0.25, 0.3) is 0 Å². The van der Waals surface area contributed by atoms with Crippen molar-refractivity contribution in [2.24, 2.45) is 7.05 Å². The lowest BCUT2D eigenvalue weighted by Crippen LogP contribution is -2.41. The number of aryl methyl sites for hydroxylation is 1. The first-order valence-corrected chi connectivity index (χ1v) is 7.15. The molecule has 0 saturated carbocycles. The number of carbonyl (C=O) groups excluding carboxylic acids is 1. The summed E-state index contributed by atoms with van der Waals surface area (Å²) >= 11 is 0. The first kappa shape index (κ1) is 14.4. The van der Waals surface area contributed by atoms with E-state index < -0.39 is 0 Å². The molecule has 1 fully saturated rings. The number of benzene rings is 1. The Morgan fingerprint density at radius 3 is 2.33 bits per heavy atom. The molecule has 3 rings (SSSR count). The van der Waals surface area contributed by atoms with Gasteiger partial charge >= 0.3 is 7.12 Å². The van der Waals surface area contributed by atoms with E-state index in [-0.39, 0.29) is 18.3 Å². The van der Waals surface area contributed by atoms with Gasteiger partial charge in [-0.3, -0.25) is 4.79 Å². The van der Waals surface area contributed by atoms with Gasteiger partial charge in [0, 0.05) is 29.7 Å². The third kappa shape index (κ3) is 2.12. The number of hydrogen-bond donors (Lipinski definition) is 0. The molecule has 4 nitrogen and oxygen atoms in total. The quantitative estimate of drug-likeness (QED) is 0.628. The highest BCUT2D eigenvalue weighted by atomic mass is 16.7. The van der Waals surface area contributed by atoms with Crippen molar-refractivity contribution in [1.29, 1.82) is 0 Å². The number of rotatable bonds is 2. The van der Waals surface area contributed by atoms with Gasteiger partial charge in [0.1, 0.15) is 0 Å². The number of hydrogen-bond acceptors (Lipinski definition) is 3. The second-order valence-corrected chi connectivity index (χ2v) is 6.68. The molecule has 0 bridgehead atoms. The third-order valence-electron chi connectivity index (χ3n) is 4.70. The zero-order chi connectivity index (χ0) is 15.4. The lowest BCUT2D eigenvalue weighted by Gasteiger charge is -2.32. The Labute approximate surface area is 125 Å². The van der Waals surface area contributed by atoms with Crippen LogP contribution >= 0.6 is 0 Å². The number of fused-ring (bicyclic) bond motifs is 1. The summed E-state index contributed by atoms with van der Waals surface area (Å²) in [6.45, 7) is 8.16.